The predicted molar refractivity (Wildman–Crippen MR) is 95.5 cm³/mol. The van der Waals surface area contributed by atoms with E-state index < -0.39 is 11.5 Å². The van der Waals surface area contributed by atoms with Gasteiger partial charge in [0, 0.05) is 30.2 Å². The molecule has 0 spiro atoms. The van der Waals surface area contributed by atoms with E-state index in [1.54, 1.807) is 0 Å². The van der Waals surface area contributed by atoms with Gasteiger partial charge in [-0.3, -0.25) is 4.79 Å². The van der Waals surface area contributed by atoms with E-state index in [9.17, 15) is 9.90 Å². The molecule has 0 fully saturated rings. The van der Waals surface area contributed by atoms with Gasteiger partial charge >= 0.3 is 0 Å². The molecule has 0 aliphatic carbocycles. The van der Waals surface area contributed by atoms with E-state index in [1.165, 1.54) is 20.4 Å². The molecule has 0 aromatic carbocycles. The van der Waals surface area contributed by atoms with Crippen LogP contribution in [0.1, 0.15) is 31.6 Å². The third-order valence-electron chi connectivity index (χ3n) is 3.90. The first-order chi connectivity index (χ1) is 11.9. The highest BCUT2D eigenvalue weighted by Gasteiger charge is 2.38. The number of aromatic amines is 1. The first-order valence-electron chi connectivity index (χ1n) is 7.62. The molecule has 0 amide bonds. The first kappa shape index (κ1) is 21.5. The van der Waals surface area contributed by atoms with Gasteiger partial charge in [0.2, 0.25) is 5.43 Å². The number of methoxy groups -OCH3 is 2. The van der Waals surface area contributed by atoms with Gasteiger partial charge in [-0.15, -0.1) is 0 Å². The van der Waals surface area contributed by atoms with Crippen LogP contribution in [0, 0.1) is 5.41 Å². The van der Waals surface area contributed by atoms with E-state index in [0.717, 1.165) is 0 Å². The van der Waals surface area contributed by atoms with Crippen LogP contribution in [-0.2, 0) is 9.47 Å². The van der Waals surface area contributed by atoms with Crippen molar-refractivity contribution in [3.63, 3.8) is 0 Å². The van der Waals surface area contributed by atoms with E-state index in [2.05, 4.69) is 30.9 Å². The number of ether oxygens (including phenoxy) is 3. The zero-order chi connectivity index (χ0) is 18.9. The summed E-state index contributed by atoms with van der Waals surface area (Å²) in [5, 5.41) is 13.5. The van der Waals surface area contributed by atoms with Crippen molar-refractivity contribution >= 4 is 15.9 Å². The molecule has 0 bridgehead atoms. The lowest BCUT2D eigenvalue weighted by atomic mass is 9.78. The van der Waals surface area contributed by atoms with Crippen LogP contribution in [0.2, 0.25) is 0 Å². The summed E-state index contributed by atoms with van der Waals surface area (Å²) in [4.78, 5) is 18.0. The number of nitrogens with one attached hydrogen (secondary N) is 1. The molecule has 1 heterocycles. The van der Waals surface area contributed by atoms with Gasteiger partial charge < -0.3 is 24.3 Å². The van der Waals surface area contributed by atoms with Gasteiger partial charge in [0.25, 0.3) is 0 Å². The van der Waals surface area contributed by atoms with Crippen LogP contribution in [0.4, 0.5) is 0 Å². The molecule has 10 heteroatoms. The van der Waals surface area contributed by atoms with Crippen LogP contribution in [0.15, 0.2) is 20.6 Å². The number of aliphatic hydroxyl groups is 1. The highest BCUT2D eigenvalue weighted by molar-refractivity contribution is 9.10. The summed E-state index contributed by atoms with van der Waals surface area (Å²) < 4.78 is 16.4. The molecular formula is C15H23BrN4O5. The number of H-pyrrole nitrogens is 1. The molecule has 0 aliphatic heterocycles. The van der Waals surface area contributed by atoms with Crippen LogP contribution in [-0.4, -0.2) is 44.3 Å². The molecule has 9 nitrogen and oxygen atoms in total. The van der Waals surface area contributed by atoms with Gasteiger partial charge in [-0.2, -0.15) is 0 Å². The van der Waals surface area contributed by atoms with E-state index >= 15 is 0 Å². The molecule has 2 N–H and O–H groups in total. The summed E-state index contributed by atoms with van der Waals surface area (Å²) in [6, 6.07) is 0. The van der Waals surface area contributed by atoms with Crippen molar-refractivity contribution < 1.29 is 19.3 Å². The third kappa shape index (κ3) is 5.45. The third-order valence-corrected chi connectivity index (χ3v) is 4.49. The normalized spacial score (nSPS) is 14.4. The second-order valence-corrected chi connectivity index (χ2v) is 6.59. The summed E-state index contributed by atoms with van der Waals surface area (Å²) >= 11 is 3.16. The number of nitrogens with zero attached hydrogens (tertiary/aromatic N) is 3. The molecule has 1 aromatic rings. The highest BCUT2D eigenvalue weighted by Crippen LogP contribution is 2.42. The second kappa shape index (κ2) is 10.4. The largest absolute Gasteiger partial charge is 0.491 e. The monoisotopic (exact) mass is 418 g/mol. The molecule has 2 unspecified atom stereocenters. The maximum atomic E-state index is 12.3. The standard InChI is InChI=1S/C15H23BrN4O5/c1-15(8-21,5-4-6-19-20-17)14(25-9-23-2)11-13(24-3)12(22)10(16)7-18-11/h7,14,21H,4-6,8-9H2,1-3H3,(H,18,22). The molecule has 0 saturated heterocycles. The molecule has 0 saturated carbocycles. The van der Waals surface area contributed by atoms with Crippen molar-refractivity contribution in [2.24, 2.45) is 10.5 Å². The number of pyridine rings is 1. The molecule has 0 radical (unpaired) electrons. The highest BCUT2D eigenvalue weighted by atomic mass is 79.9. The van der Waals surface area contributed by atoms with Crippen molar-refractivity contribution in [3.05, 3.63) is 37.0 Å². The van der Waals surface area contributed by atoms with Gasteiger partial charge in [0.15, 0.2) is 5.75 Å². The predicted octanol–water partition coefficient (Wildman–Crippen LogP) is 2.90. The Hall–Kier alpha value is -1.58. The van der Waals surface area contributed by atoms with E-state index in [-0.39, 0.29) is 24.6 Å². The molecule has 140 valence electrons. The van der Waals surface area contributed by atoms with Crippen LogP contribution in [0.3, 0.4) is 0 Å². The molecule has 0 aliphatic rings. The van der Waals surface area contributed by atoms with E-state index in [4.69, 9.17) is 19.7 Å². The van der Waals surface area contributed by atoms with Crippen molar-refractivity contribution in [3.8, 4) is 5.75 Å². The number of hydrogen-bond acceptors (Lipinski definition) is 6. The minimum atomic E-state index is -0.756. The van der Waals surface area contributed by atoms with Gasteiger partial charge in [0.1, 0.15) is 12.9 Å². The van der Waals surface area contributed by atoms with Crippen molar-refractivity contribution in [1.82, 2.24) is 4.98 Å². The summed E-state index contributed by atoms with van der Waals surface area (Å²) in [5.41, 5.74) is 7.72. The van der Waals surface area contributed by atoms with Crippen molar-refractivity contribution in [2.45, 2.75) is 25.9 Å². The first-order valence-corrected chi connectivity index (χ1v) is 8.41. The summed E-state index contributed by atoms with van der Waals surface area (Å²) in [6.45, 7) is 1.89. The zero-order valence-corrected chi connectivity index (χ0v) is 16.1. The number of hydrogen-bond donors (Lipinski definition) is 2. The van der Waals surface area contributed by atoms with Gasteiger partial charge in [0.05, 0.1) is 23.9 Å². The lowest BCUT2D eigenvalue weighted by Gasteiger charge is -2.36. The number of azide groups is 1. The fourth-order valence-electron chi connectivity index (χ4n) is 2.56. The van der Waals surface area contributed by atoms with Crippen LogP contribution >= 0.6 is 15.9 Å². The van der Waals surface area contributed by atoms with E-state index in [0.29, 0.717) is 29.6 Å². The Morgan fingerprint density at radius 3 is 2.80 bits per heavy atom. The topological polar surface area (TPSA) is 130 Å². The zero-order valence-electron chi connectivity index (χ0n) is 14.5. The fourth-order valence-corrected chi connectivity index (χ4v) is 2.86. The SMILES string of the molecule is COCOC(c1[nH]cc(Br)c(=O)c1OC)C(C)(CO)CCCN=[N+]=[N-]. The smallest absolute Gasteiger partial charge is 0.237 e. The van der Waals surface area contributed by atoms with Crippen LogP contribution in [0.5, 0.6) is 5.75 Å². The van der Waals surface area contributed by atoms with E-state index in [1.807, 2.05) is 6.92 Å². The Kier molecular flexibility index (Phi) is 8.95. The van der Waals surface area contributed by atoms with Crippen molar-refractivity contribution in [2.75, 3.05) is 34.2 Å². The maximum absolute atomic E-state index is 12.3. The summed E-state index contributed by atoms with van der Waals surface area (Å²) in [5.74, 6) is 0.102. The molecule has 1 aromatic heterocycles. The number of aliphatic hydroxyl groups excluding tert-OH is 1. The Morgan fingerprint density at radius 1 is 1.52 bits per heavy atom. The lowest BCUT2D eigenvalue weighted by molar-refractivity contribution is -0.133. The maximum Gasteiger partial charge on any atom is 0.237 e. The Morgan fingerprint density at radius 2 is 2.24 bits per heavy atom. The molecule has 1 rings (SSSR count). The van der Waals surface area contributed by atoms with Gasteiger partial charge in [-0.05, 0) is 34.3 Å². The minimum absolute atomic E-state index is 0.0299. The fraction of sp³-hybridized carbons (Fsp3) is 0.667. The summed E-state index contributed by atoms with van der Waals surface area (Å²) in [6.07, 6.45) is 1.86. The quantitative estimate of drug-likeness (QED) is 0.187. The lowest BCUT2D eigenvalue weighted by Crippen LogP contribution is -2.34. The Bertz CT molecular complexity index is 662. The Labute approximate surface area is 154 Å². The number of halogens is 1. The van der Waals surface area contributed by atoms with Crippen LogP contribution < -0.4 is 10.2 Å². The van der Waals surface area contributed by atoms with Crippen LogP contribution in [0.25, 0.3) is 10.4 Å². The Balaban J connectivity index is 3.28. The molecule has 2 atom stereocenters. The molecular weight excluding hydrogens is 396 g/mol. The summed E-state index contributed by atoms with van der Waals surface area (Å²) in [7, 11) is 2.88. The average molecular weight is 419 g/mol. The molecule has 25 heavy (non-hydrogen) atoms. The average Bonchev–Trinajstić information content (AvgIpc) is 2.62. The van der Waals surface area contributed by atoms with Gasteiger partial charge in [-0.1, -0.05) is 12.0 Å². The van der Waals surface area contributed by atoms with Gasteiger partial charge in [-0.25, -0.2) is 0 Å². The minimum Gasteiger partial charge on any atom is -0.491 e. The number of aromatic nitrogens is 1. The second-order valence-electron chi connectivity index (χ2n) is 5.74. The van der Waals surface area contributed by atoms with Crippen molar-refractivity contribution in [1.29, 1.82) is 0 Å². The number of rotatable bonds is 11.